The minimum atomic E-state index is -4.65. The molecule has 0 bridgehead atoms. The van der Waals surface area contributed by atoms with Crippen LogP contribution in [0.4, 0.5) is 22.0 Å². The zero-order valence-corrected chi connectivity index (χ0v) is 12.8. The Labute approximate surface area is 135 Å². The van der Waals surface area contributed by atoms with Gasteiger partial charge < -0.3 is 10.4 Å². The fourth-order valence-corrected chi connectivity index (χ4v) is 2.98. The van der Waals surface area contributed by atoms with E-state index in [2.05, 4.69) is 5.32 Å². The van der Waals surface area contributed by atoms with Gasteiger partial charge in [0, 0.05) is 26.2 Å². The number of aliphatic hydroxyl groups is 1. The van der Waals surface area contributed by atoms with Crippen molar-refractivity contribution in [2.45, 2.75) is 18.1 Å². The molecular formula is C14H16ClF5N2O. The molecule has 1 atom stereocenters. The summed E-state index contributed by atoms with van der Waals surface area (Å²) < 4.78 is 66.6. The van der Waals surface area contributed by atoms with Crippen molar-refractivity contribution in [2.24, 2.45) is 0 Å². The molecule has 1 fully saturated rings. The van der Waals surface area contributed by atoms with Crippen molar-refractivity contribution in [2.75, 3.05) is 32.8 Å². The molecule has 0 unspecified atom stereocenters. The van der Waals surface area contributed by atoms with Gasteiger partial charge in [0.1, 0.15) is 12.6 Å². The maximum Gasteiger partial charge on any atom is 0.417 e. The number of hydrogen-bond donors (Lipinski definition) is 2. The highest BCUT2D eigenvalue weighted by Gasteiger charge is 2.44. The maximum atomic E-state index is 14.2. The number of aliphatic hydroxyl groups excluding tert-OH is 1. The first-order chi connectivity index (χ1) is 10.7. The molecule has 130 valence electrons. The van der Waals surface area contributed by atoms with Crippen LogP contribution >= 0.6 is 11.6 Å². The van der Waals surface area contributed by atoms with Crippen molar-refractivity contribution in [1.82, 2.24) is 10.2 Å². The second kappa shape index (κ2) is 6.88. The second-order valence-electron chi connectivity index (χ2n) is 5.34. The Kier molecular flexibility index (Phi) is 5.50. The summed E-state index contributed by atoms with van der Waals surface area (Å²) in [6.45, 7) is 0.136. The van der Waals surface area contributed by atoms with Crippen molar-refractivity contribution in [3.05, 3.63) is 34.3 Å². The van der Waals surface area contributed by atoms with Gasteiger partial charge in [-0.25, -0.2) is 8.78 Å². The first-order valence-electron chi connectivity index (χ1n) is 6.97. The van der Waals surface area contributed by atoms with Gasteiger partial charge in [-0.1, -0.05) is 17.7 Å². The monoisotopic (exact) mass is 358 g/mol. The molecule has 3 nitrogen and oxygen atoms in total. The average molecular weight is 359 g/mol. The molecule has 0 aromatic heterocycles. The first kappa shape index (κ1) is 18.4. The van der Waals surface area contributed by atoms with Crippen LogP contribution in [0.25, 0.3) is 0 Å². The van der Waals surface area contributed by atoms with Crippen molar-refractivity contribution >= 4 is 11.6 Å². The van der Waals surface area contributed by atoms with Crippen molar-refractivity contribution in [1.29, 1.82) is 0 Å². The van der Waals surface area contributed by atoms with Gasteiger partial charge in [0.25, 0.3) is 5.92 Å². The van der Waals surface area contributed by atoms with E-state index in [-0.39, 0.29) is 5.56 Å². The van der Waals surface area contributed by atoms with Crippen LogP contribution in [-0.4, -0.2) is 48.7 Å². The number of nitrogens with zero attached hydrogens (tertiary/aromatic N) is 1. The Hall–Kier alpha value is -0.960. The largest absolute Gasteiger partial charge is 0.417 e. The Morgan fingerprint density at radius 3 is 2.26 bits per heavy atom. The van der Waals surface area contributed by atoms with Crippen molar-refractivity contribution in [3.63, 3.8) is 0 Å². The Bertz CT molecular complexity index is 546. The van der Waals surface area contributed by atoms with Gasteiger partial charge in [-0.3, -0.25) is 4.90 Å². The summed E-state index contributed by atoms with van der Waals surface area (Å²) in [7, 11) is 0. The van der Waals surface area contributed by atoms with Crippen LogP contribution in [0, 0.1) is 0 Å². The third kappa shape index (κ3) is 4.12. The lowest BCUT2D eigenvalue weighted by atomic mass is 9.97. The molecule has 0 radical (unpaired) electrons. The van der Waals surface area contributed by atoms with Crippen molar-refractivity contribution in [3.8, 4) is 0 Å². The van der Waals surface area contributed by atoms with Crippen LogP contribution in [0.3, 0.4) is 0 Å². The lowest BCUT2D eigenvalue weighted by Crippen LogP contribution is -2.51. The molecule has 1 heterocycles. The summed E-state index contributed by atoms with van der Waals surface area (Å²) in [5, 5.41) is 11.4. The maximum absolute atomic E-state index is 14.2. The highest BCUT2D eigenvalue weighted by molar-refractivity contribution is 6.31. The molecule has 2 rings (SSSR count). The molecule has 1 aromatic rings. The lowest BCUT2D eigenvalue weighted by Gasteiger charge is -2.38. The summed E-state index contributed by atoms with van der Waals surface area (Å²) in [5.74, 6) is -3.50. The van der Waals surface area contributed by atoms with Crippen LogP contribution in [0.15, 0.2) is 18.2 Å². The Morgan fingerprint density at radius 2 is 1.78 bits per heavy atom. The molecular weight excluding hydrogens is 343 g/mol. The van der Waals surface area contributed by atoms with Gasteiger partial charge in [0.15, 0.2) is 0 Å². The van der Waals surface area contributed by atoms with Gasteiger partial charge in [0.2, 0.25) is 0 Å². The first-order valence-corrected chi connectivity index (χ1v) is 7.34. The van der Waals surface area contributed by atoms with Crippen LogP contribution < -0.4 is 5.32 Å². The third-order valence-corrected chi connectivity index (χ3v) is 4.05. The third-order valence-electron chi connectivity index (χ3n) is 3.74. The fourth-order valence-electron chi connectivity index (χ4n) is 2.68. The van der Waals surface area contributed by atoms with Crippen LogP contribution in [0.1, 0.15) is 17.2 Å². The molecule has 1 aliphatic rings. The van der Waals surface area contributed by atoms with Gasteiger partial charge >= 0.3 is 6.18 Å². The minimum absolute atomic E-state index is 0.0519. The Morgan fingerprint density at radius 1 is 1.17 bits per heavy atom. The summed E-state index contributed by atoms with van der Waals surface area (Å²) >= 11 is 5.63. The van der Waals surface area contributed by atoms with Crippen LogP contribution in [-0.2, 0) is 6.18 Å². The molecule has 0 spiro atoms. The number of nitrogens with one attached hydrogen (secondary N) is 1. The van der Waals surface area contributed by atoms with Crippen LogP contribution in [0.5, 0.6) is 0 Å². The molecule has 0 saturated carbocycles. The summed E-state index contributed by atoms with van der Waals surface area (Å²) in [4.78, 5) is 1.44. The summed E-state index contributed by atoms with van der Waals surface area (Å²) in [5.41, 5.74) is -1.13. The molecule has 1 aromatic carbocycles. The van der Waals surface area contributed by atoms with Gasteiger partial charge in [-0.05, 0) is 17.7 Å². The fraction of sp³-hybridized carbons (Fsp3) is 0.571. The van der Waals surface area contributed by atoms with E-state index in [0.29, 0.717) is 32.2 Å². The number of benzene rings is 1. The molecule has 23 heavy (non-hydrogen) atoms. The number of piperazine rings is 1. The van der Waals surface area contributed by atoms with E-state index < -0.39 is 35.3 Å². The molecule has 2 N–H and O–H groups in total. The highest BCUT2D eigenvalue weighted by atomic mass is 35.5. The van der Waals surface area contributed by atoms with E-state index in [1.807, 2.05) is 0 Å². The normalized spacial score (nSPS) is 18.9. The Balaban J connectivity index is 2.41. The average Bonchev–Trinajstić information content (AvgIpc) is 2.47. The number of rotatable bonds is 4. The highest BCUT2D eigenvalue weighted by Crippen LogP contribution is 2.40. The van der Waals surface area contributed by atoms with E-state index in [1.54, 1.807) is 0 Å². The smallest absolute Gasteiger partial charge is 0.390 e. The van der Waals surface area contributed by atoms with E-state index in [9.17, 15) is 22.0 Å². The van der Waals surface area contributed by atoms with Crippen LogP contribution in [0.2, 0.25) is 5.02 Å². The van der Waals surface area contributed by atoms with E-state index in [0.717, 1.165) is 12.1 Å². The number of hydrogen-bond acceptors (Lipinski definition) is 3. The van der Waals surface area contributed by atoms with Gasteiger partial charge in [-0.15, -0.1) is 0 Å². The number of alkyl halides is 5. The molecule has 1 saturated heterocycles. The summed E-state index contributed by atoms with van der Waals surface area (Å²) in [6, 6.07) is 1.06. The van der Waals surface area contributed by atoms with E-state index in [1.165, 1.54) is 4.90 Å². The topological polar surface area (TPSA) is 35.5 Å². The quantitative estimate of drug-likeness (QED) is 0.812. The molecule has 0 aliphatic carbocycles. The van der Waals surface area contributed by atoms with Gasteiger partial charge in [0.05, 0.1) is 10.6 Å². The SMILES string of the molecule is OCC(F)(F)[C@H](c1ccc(C(F)(F)F)c(Cl)c1)N1CCNCC1. The zero-order chi connectivity index (χ0) is 17.3. The predicted octanol–water partition coefficient (Wildman–Crippen LogP) is 2.93. The van der Waals surface area contributed by atoms with Crippen molar-refractivity contribution < 1.29 is 27.1 Å². The molecule has 1 aliphatic heterocycles. The molecule has 0 amide bonds. The lowest BCUT2D eigenvalue weighted by molar-refractivity contribution is -0.137. The standard InChI is InChI=1S/C14H16ClF5N2O/c15-11-7-9(1-2-10(11)14(18,19)20)12(13(16,17)8-23)22-5-3-21-4-6-22/h1-2,7,12,21,23H,3-6,8H2/t12-/m0/s1. The molecule has 9 heteroatoms. The van der Waals surface area contributed by atoms with E-state index >= 15 is 0 Å². The minimum Gasteiger partial charge on any atom is -0.390 e. The summed E-state index contributed by atoms with van der Waals surface area (Å²) in [6.07, 6.45) is -4.65. The number of halogens is 6. The van der Waals surface area contributed by atoms with E-state index in [4.69, 9.17) is 16.7 Å². The van der Waals surface area contributed by atoms with Gasteiger partial charge in [-0.2, -0.15) is 13.2 Å². The predicted molar refractivity (Wildman–Crippen MR) is 75.7 cm³/mol. The second-order valence-corrected chi connectivity index (χ2v) is 5.75. The zero-order valence-electron chi connectivity index (χ0n) is 12.0.